The van der Waals surface area contributed by atoms with Gasteiger partial charge in [-0.15, -0.1) is 0 Å². The van der Waals surface area contributed by atoms with E-state index in [0.717, 1.165) is 69.9 Å². The van der Waals surface area contributed by atoms with E-state index in [1.165, 1.54) is 0 Å². The Labute approximate surface area is 207 Å². The standard InChI is InChI=1S/C27H36N4O4/c32-26(33-22-23-8-3-1-4-9-23)30-18-14-28-12-7-13-29(15-19-30)17-21-31(20-16-28)27-34-25(35-27)24-10-5-2-6-11-24/h1-6,8-11,25,27H,7,12-22H2. The summed E-state index contributed by atoms with van der Waals surface area (Å²) in [6, 6.07) is 20.0. The van der Waals surface area contributed by atoms with Crippen LogP contribution in [0.2, 0.25) is 0 Å². The summed E-state index contributed by atoms with van der Waals surface area (Å²) < 4.78 is 17.9. The van der Waals surface area contributed by atoms with Gasteiger partial charge < -0.3 is 28.9 Å². The maximum absolute atomic E-state index is 12.9. The molecule has 3 aliphatic heterocycles. The zero-order chi connectivity index (χ0) is 23.9. The Hall–Kier alpha value is -2.49. The van der Waals surface area contributed by atoms with Crippen LogP contribution in [-0.4, -0.2) is 97.6 Å². The number of fused-ring (bicyclic) bond motifs is 4. The minimum atomic E-state index is -0.296. The molecule has 0 N–H and O–H groups in total. The lowest BCUT2D eigenvalue weighted by molar-refractivity contribution is -0.435. The van der Waals surface area contributed by atoms with E-state index in [0.29, 0.717) is 19.7 Å². The van der Waals surface area contributed by atoms with Crippen molar-refractivity contribution in [3.8, 4) is 0 Å². The molecule has 8 heteroatoms. The molecule has 0 radical (unpaired) electrons. The van der Waals surface area contributed by atoms with Gasteiger partial charge in [0.15, 0.2) is 6.29 Å². The minimum Gasteiger partial charge on any atom is -0.445 e. The number of hydrogen-bond acceptors (Lipinski definition) is 7. The van der Waals surface area contributed by atoms with Gasteiger partial charge in [0.2, 0.25) is 6.41 Å². The molecular weight excluding hydrogens is 444 g/mol. The summed E-state index contributed by atoms with van der Waals surface area (Å²) in [5.74, 6) is 0. The second kappa shape index (κ2) is 12.0. The predicted molar refractivity (Wildman–Crippen MR) is 132 cm³/mol. The van der Waals surface area contributed by atoms with E-state index < -0.39 is 0 Å². The lowest BCUT2D eigenvalue weighted by Crippen LogP contribution is -2.55. The van der Waals surface area contributed by atoms with Crippen molar-refractivity contribution in [1.29, 1.82) is 0 Å². The van der Waals surface area contributed by atoms with Gasteiger partial charge in [0.25, 0.3) is 0 Å². The predicted octanol–water partition coefficient (Wildman–Crippen LogP) is 2.98. The van der Waals surface area contributed by atoms with E-state index in [-0.39, 0.29) is 18.8 Å². The maximum Gasteiger partial charge on any atom is 0.410 e. The molecule has 2 atom stereocenters. The molecule has 3 heterocycles. The summed E-state index contributed by atoms with van der Waals surface area (Å²) in [7, 11) is 0. The molecule has 0 aromatic heterocycles. The molecule has 0 spiro atoms. The van der Waals surface area contributed by atoms with E-state index in [2.05, 4.69) is 14.7 Å². The molecule has 1 amide bonds. The van der Waals surface area contributed by atoms with Crippen LogP contribution in [0.4, 0.5) is 4.79 Å². The monoisotopic (exact) mass is 480 g/mol. The number of nitrogens with zero attached hydrogens (tertiary/aromatic N) is 4. The summed E-state index contributed by atoms with van der Waals surface area (Å²) in [4.78, 5) is 21.9. The van der Waals surface area contributed by atoms with Crippen LogP contribution in [0, 0.1) is 0 Å². The molecule has 3 saturated heterocycles. The second-order valence-corrected chi connectivity index (χ2v) is 9.42. The molecule has 3 aliphatic rings. The Balaban J connectivity index is 1.16. The molecule has 0 saturated carbocycles. The van der Waals surface area contributed by atoms with E-state index in [9.17, 15) is 4.79 Å². The van der Waals surface area contributed by atoms with Gasteiger partial charge in [-0.2, -0.15) is 0 Å². The van der Waals surface area contributed by atoms with Gasteiger partial charge in [0.05, 0.1) is 0 Å². The van der Waals surface area contributed by atoms with Gasteiger partial charge in [0.1, 0.15) is 6.61 Å². The number of hydrogen-bond donors (Lipinski definition) is 0. The fourth-order valence-electron chi connectivity index (χ4n) is 4.84. The first-order valence-electron chi connectivity index (χ1n) is 12.7. The lowest BCUT2D eigenvalue weighted by atomic mass is 10.2. The number of ether oxygens (including phenoxy) is 3. The highest BCUT2D eigenvalue weighted by Crippen LogP contribution is 2.33. The van der Waals surface area contributed by atoms with Crippen molar-refractivity contribution < 1.29 is 19.0 Å². The van der Waals surface area contributed by atoms with E-state index in [4.69, 9.17) is 14.2 Å². The van der Waals surface area contributed by atoms with Crippen LogP contribution in [0.5, 0.6) is 0 Å². The smallest absolute Gasteiger partial charge is 0.410 e. The Bertz CT molecular complexity index is 905. The van der Waals surface area contributed by atoms with Crippen LogP contribution in [0.3, 0.4) is 0 Å². The van der Waals surface area contributed by atoms with Gasteiger partial charge in [-0.25, -0.2) is 4.79 Å². The van der Waals surface area contributed by atoms with Crippen molar-refractivity contribution >= 4 is 6.09 Å². The van der Waals surface area contributed by atoms with E-state index in [1.54, 1.807) is 0 Å². The summed E-state index contributed by atoms with van der Waals surface area (Å²) in [5.41, 5.74) is 2.07. The van der Waals surface area contributed by atoms with Gasteiger partial charge in [-0.3, -0.25) is 4.90 Å². The summed E-state index contributed by atoms with van der Waals surface area (Å²) in [6.07, 6.45) is 0.343. The molecule has 35 heavy (non-hydrogen) atoms. The van der Waals surface area contributed by atoms with Crippen molar-refractivity contribution in [3.05, 3.63) is 71.8 Å². The summed E-state index contributed by atoms with van der Waals surface area (Å²) in [6.45, 7) is 8.98. The fourth-order valence-corrected chi connectivity index (χ4v) is 4.84. The van der Waals surface area contributed by atoms with Gasteiger partial charge in [-0.1, -0.05) is 60.7 Å². The number of rotatable bonds is 4. The van der Waals surface area contributed by atoms with Crippen LogP contribution in [-0.2, 0) is 20.8 Å². The van der Waals surface area contributed by atoms with Crippen molar-refractivity contribution in [1.82, 2.24) is 19.6 Å². The Morgan fingerprint density at radius 3 is 1.94 bits per heavy atom. The van der Waals surface area contributed by atoms with E-state index >= 15 is 0 Å². The molecule has 188 valence electrons. The van der Waals surface area contributed by atoms with Crippen molar-refractivity contribution in [2.24, 2.45) is 0 Å². The average molecular weight is 481 g/mol. The zero-order valence-corrected chi connectivity index (χ0v) is 20.3. The Morgan fingerprint density at radius 2 is 1.31 bits per heavy atom. The highest BCUT2D eigenvalue weighted by molar-refractivity contribution is 5.67. The first-order chi connectivity index (χ1) is 17.2. The Morgan fingerprint density at radius 1 is 0.743 bits per heavy atom. The fraction of sp³-hybridized carbons (Fsp3) is 0.519. The summed E-state index contributed by atoms with van der Waals surface area (Å²) >= 11 is 0. The third kappa shape index (κ3) is 6.59. The van der Waals surface area contributed by atoms with Crippen LogP contribution in [0.1, 0.15) is 23.8 Å². The molecule has 5 rings (SSSR count). The number of benzene rings is 2. The normalized spacial score (nSPS) is 28.3. The zero-order valence-electron chi connectivity index (χ0n) is 20.3. The molecule has 2 bridgehead atoms. The van der Waals surface area contributed by atoms with Crippen molar-refractivity contribution in [2.45, 2.75) is 25.7 Å². The first kappa shape index (κ1) is 24.2. The van der Waals surface area contributed by atoms with Gasteiger partial charge in [0, 0.05) is 57.9 Å². The highest BCUT2D eigenvalue weighted by Gasteiger charge is 2.37. The number of carbonyl (C=O) groups is 1. The van der Waals surface area contributed by atoms with Gasteiger partial charge in [-0.05, 0) is 25.1 Å². The lowest BCUT2D eigenvalue weighted by Gasteiger charge is -2.44. The molecule has 8 nitrogen and oxygen atoms in total. The molecule has 2 unspecified atom stereocenters. The van der Waals surface area contributed by atoms with E-state index in [1.807, 2.05) is 65.6 Å². The highest BCUT2D eigenvalue weighted by atomic mass is 16.9. The SMILES string of the molecule is O=C(OCc1ccccc1)N1CCN2CCCN(CC1)CCN(C1OC(c3ccccc3)O1)CC2. The average Bonchev–Trinajstić information content (AvgIpc) is 2.87. The molecular formula is C27H36N4O4. The molecule has 2 aromatic carbocycles. The molecule has 0 aliphatic carbocycles. The minimum absolute atomic E-state index is 0.226. The molecule has 3 fully saturated rings. The van der Waals surface area contributed by atoms with Crippen LogP contribution >= 0.6 is 0 Å². The number of amides is 1. The van der Waals surface area contributed by atoms with Crippen LogP contribution in [0.15, 0.2) is 60.7 Å². The molecule has 2 aromatic rings. The quantitative estimate of drug-likeness (QED) is 0.667. The first-order valence-corrected chi connectivity index (χ1v) is 12.7. The van der Waals surface area contributed by atoms with Crippen LogP contribution < -0.4 is 0 Å². The van der Waals surface area contributed by atoms with Crippen molar-refractivity contribution in [3.63, 3.8) is 0 Å². The third-order valence-electron chi connectivity index (χ3n) is 7.04. The second-order valence-electron chi connectivity index (χ2n) is 9.42. The maximum atomic E-state index is 12.9. The third-order valence-corrected chi connectivity index (χ3v) is 7.04. The Kier molecular flexibility index (Phi) is 8.28. The van der Waals surface area contributed by atoms with Crippen molar-refractivity contribution in [2.75, 3.05) is 65.4 Å². The van der Waals surface area contributed by atoms with Crippen LogP contribution in [0.25, 0.3) is 0 Å². The number of carbonyl (C=O) groups excluding carboxylic acids is 1. The topological polar surface area (TPSA) is 57.7 Å². The summed E-state index contributed by atoms with van der Waals surface area (Å²) in [5, 5.41) is 0. The largest absolute Gasteiger partial charge is 0.445 e. The van der Waals surface area contributed by atoms with Gasteiger partial charge >= 0.3 is 6.09 Å².